The van der Waals surface area contributed by atoms with E-state index in [9.17, 15) is 0 Å². The maximum absolute atomic E-state index is 8.79. The first kappa shape index (κ1) is 13.6. The molecule has 0 spiro atoms. The van der Waals surface area contributed by atoms with E-state index in [0.717, 1.165) is 32.8 Å². The van der Waals surface area contributed by atoms with E-state index in [1.165, 1.54) is 0 Å². The number of nitrogens with one attached hydrogen (secondary N) is 1. The standard InChI is InChI=1S/C10H22N2O2/c1-3-6-12(8-9-13)7-4-11-5-10-14-2/h3,11,13H,1,4-10H2,2H3. The third-order valence-electron chi connectivity index (χ3n) is 1.89. The number of nitrogens with zero attached hydrogens (tertiary/aromatic N) is 1. The van der Waals surface area contributed by atoms with Crippen LogP contribution in [0.1, 0.15) is 0 Å². The summed E-state index contributed by atoms with van der Waals surface area (Å²) >= 11 is 0. The van der Waals surface area contributed by atoms with Crippen LogP contribution in [0.3, 0.4) is 0 Å². The van der Waals surface area contributed by atoms with E-state index in [4.69, 9.17) is 9.84 Å². The van der Waals surface area contributed by atoms with Gasteiger partial charge in [0.05, 0.1) is 13.2 Å². The second-order valence-corrected chi connectivity index (χ2v) is 3.06. The molecule has 0 aromatic carbocycles. The average molecular weight is 202 g/mol. The Bertz CT molecular complexity index is 131. The molecule has 0 heterocycles. The predicted octanol–water partition coefficient (Wildman–Crippen LogP) is -0.297. The van der Waals surface area contributed by atoms with Gasteiger partial charge in [-0.2, -0.15) is 0 Å². The molecule has 0 aromatic rings. The number of aliphatic hydroxyl groups excluding tert-OH is 1. The minimum atomic E-state index is 0.200. The minimum Gasteiger partial charge on any atom is -0.395 e. The molecule has 84 valence electrons. The first-order valence-electron chi connectivity index (χ1n) is 4.99. The zero-order valence-corrected chi connectivity index (χ0v) is 9.04. The maximum atomic E-state index is 8.79. The molecule has 0 rings (SSSR count). The number of rotatable bonds is 10. The van der Waals surface area contributed by atoms with E-state index in [1.54, 1.807) is 7.11 Å². The average Bonchev–Trinajstić information content (AvgIpc) is 2.18. The molecule has 0 aliphatic rings. The normalized spacial score (nSPS) is 10.8. The molecule has 14 heavy (non-hydrogen) atoms. The number of aliphatic hydroxyl groups is 1. The van der Waals surface area contributed by atoms with Gasteiger partial charge >= 0.3 is 0 Å². The van der Waals surface area contributed by atoms with Crippen molar-refractivity contribution in [2.45, 2.75) is 0 Å². The lowest BCUT2D eigenvalue weighted by molar-refractivity contribution is 0.191. The van der Waals surface area contributed by atoms with Crippen LogP contribution in [-0.2, 0) is 4.74 Å². The zero-order chi connectivity index (χ0) is 10.6. The molecule has 0 saturated carbocycles. The van der Waals surface area contributed by atoms with Crippen molar-refractivity contribution < 1.29 is 9.84 Å². The van der Waals surface area contributed by atoms with E-state index in [2.05, 4.69) is 16.8 Å². The van der Waals surface area contributed by atoms with E-state index < -0.39 is 0 Å². The van der Waals surface area contributed by atoms with E-state index in [-0.39, 0.29) is 6.61 Å². The van der Waals surface area contributed by atoms with Crippen molar-refractivity contribution in [2.24, 2.45) is 0 Å². The molecule has 0 saturated heterocycles. The Kier molecular flexibility index (Phi) is 10.3. The molecule has 2 N–H and O–H groups in total. The summed E-state index contributed by atoms with van der Waals surface area (Å²) in [6, 6.07) is 0. The Morgan fingerprint density at radius 1 is 1.43 bits per heavy atom. The summed E-state index contributed by atoms with van der Waals surface area (Å²) in [4.78, 5) is 2.15. The Morgan fingerprint density at radius 3 is 2.79 bits per heavy atom. The predicted molar refractivity (Wildman–Crippen MR) is 58.5 cm³/mol. The van der Waals surface area contributed by atoms with E-state index in [0.29, 0.717) is 6.54 Å². The zero-order valence-electron chi connectivity index (χ0n) is 9.04. The second-order valence-electron chi connectivity index (χ2n) is 3.06. The summed E-state index contributed by atoms with van der Waals surface area (Å²) in [6.07, 6.45) is 1.85. The molecular formula is C10H22N2O2. The molecular weight excluding hydrogens is 180 g/mol. The van der Waals surface area contributed by atoms with Gasteiger partial charge in [0, 0.05) is 39.8 Å². The Labute approximate surface area is 86.6 Å². The van der Waals surface area contributed by atoms with Crippen molar-refractivity contribution >= 4 is 0 Å². The number of hydrogen-bond donors (Lipinski definition) is 2. The monoisotopic (exact) mass is 202 g/mol. The summed E-state index contributed by atoms with van der Waals surface area (Å²) in [5.74, 6) is 0. The van der Waals surface area contributed by atoms with E-state index >= 15 is 0 Å². The highest BCUT2D eigenvalue weighted by molar-refractivity contribution is 4.73. The number of ether oxygens (including phenoxy) is 1. The molecule has 0 aliphatic carbocycles. The Hall–Kier alpha value is -0.420. The molecule has 0 amide bonds. The second kappa shape index (κ2) is 10.7. The van der Waals surface area contributed by atoms with Crippen LogP contribution in [0.5, 0.6) is 0 Å². The van der Waals surface area contributed by atoms with Gasteiger partial charge < -0.3 is 15.2 Å². The van der Waals surface area contributed by atoms with Gasteiger partial charge in [0.15, 0.2) is 0 Å². The molecule has 4 heteroatoms. The molecule has 0 radical (unpaired) electrons. The molecule has 0 aliphatic heterocycles. The van der Waals surface area contributed by atoms with Crippen LogP contribution >= 0.6 is 0 Å². The minimum absolute atomic E-state index is 0.200. The van der Waals surface area contributed by atoms with Crippen LogP contribution in [0.4, 0.5) is 0 Å². The summed E-state index contributed by atoms with van der Waals surface area (Å²) < 4.78 is 4.91. The van der Waals surface area contributed by atoms with Crippen molar-refractivity contribution in [3.63, 3.8) is 0 Å². The summed E-state index contributed by atoms with van der Waals surface area (Å²) in [7, 11) is 1.69. The number of methoxy groups -OCH3 is 1. The van der Waals surface area contributed by atoms with Crippen molar-refractivity contribution in [3.05, 3.63) is 12.7 Å². The fraction of sp³-hybridized carbons (Fsp3) is 0.800. The summed E-state index contributed by atoms with van der Waals surface area (Å²) in [5.41, 5.74) is 0. The summed E-state index contributed by atoms with van der Waals surface area (Å²) in [6.45, 7) is 8.86. The molecule has 0 unspecified atom stereocenters. The van der Waals surface area contributed by atoms with Gasteiger partial charge in [0.1, 0.15) is 0 Å². The van der Waals surface area contributed by atoms with Gasteiger partial charge in [-0.25, -0.2) is 0 Å². The maximum Gasteiger partial charge on any atom is 0.0587 e. The van der Waals surface area contributed by atoms with Crippen LogP contribution in [-0.4, -0.2) is 63.1 Å². The molecule has 4 nitrogen and oxygen atoms in total. The lowest BCUT2D eigenvalue weighted by Gasteiger charge is -2.19. The highest BCUT2D eigenvalue weighted by atomic mass is 16.5. The van der Waals surface area contributed by atoms with Crippen LogP contribution < -0.4 is 5.32 Å². The van der Waals surface area contributed by atoms with Crippen molar-refractivity contribution in [2.75, 3.05) is 53.0 Å². The van der Waals surface area contributed by atoms with Crippen LogP contribution in [0.2, 0.25) is 0 Å². The third kappa shape index (κ3) is 8.19. The molecule has 0 fully saturated rings. The first-order chi connectivity index (χ1) is 6.85. The van der Waals surface area contributed by atoms with Gasteiger partial charge in [-0.1, -0.05) is 6.08 Å². The van der Waals surface area contributed by atoms with Gasteiger partial charge in [-0.05, 0) is 0 Å². The first-order valence-corrected chi connectivity index (χ1v) is 4.99. The Balaban J connectivity index is 3.35. The van der Waals surface area contributed by atoms with Gasteiger partial charge in [0.2, 0.25) is 0 Å². The molecule has 0 aromatic heterocycles. The van der Waals surface area contributed by atoms with Crippen molar-refractivity contribution in [3.8, 4) is 0 Å². The highest BCUT2D eigenvalue weighted by Gasteiger charge is 2.00. The number of hydrogen-bond acceptors (Lipinski definition) is 4. The van der Waals surface area contributed by atoms with Gasteiger partial charge in [0.25, 0.3) is 0 Å². The smallest absolute Gasteiger partial charge is 0.0587 e. The largest absolute Gasteiger partial charge is 0.395 e. The third-order valence-corrected chi connectivity index (χ3v) is 1.89. The van der Waals surface area contributed by atoms with Crippen molar-refractivity contribution in [1.82, 2.24) is 10.2 Å². The lowest BCUT2D eigenvalue weighted by Crippen LogP contribution is -2.35. The van der Waals surface area contributed by atoms with E-state index in [1.807, 2.05) is 6.08 Å². The van der Waals surface area contributed by atoms with Crippen molar-refractivity contribution in [1.29, 1.82) is 0 Å². The van der Waals surface area contributed by atoms with Crippen LogP contribution in [0.25, 0.3) is 0 Å². The fourth-order valence-corrected chi connectivity index (χ4v) is 1.15. The Morgan fingerprint density at radius 2 is 2.21 bits per heavy atom. The van der Waals surface area contributed by atoms with Gasteiger partial charge in [-0.3, -0.25) is 4.90 Å². The lowest BCUT2D eigenvalue weighted by atomic mass is 10.4. The SMILES string of the molecule is C=CCN(CCO)CCNCCOC. The van der Waals surface area contributed by atoms with Crippen LogP contribution in [0.15, 0.2) is 12.7 Å². The highest BCUT2D eigenvalue weighted by Crippen LogP contribution is 1.86. The molecule has 0 bridgehead atoms. The van der Waals surface area contributed by atoms with Crippen LogP contribution in [0, 0.1) is 0 Å². The molecule has 0 atom stereocenters. The quantitative estimate of drug-likeness (QED) is 0.377. The summed E-state index contributed by atoms with van der Waals surface area (Å²) in [5, 5.41) is 12.0. The topological polar surface area (TPSA) is 44.7 Å². The van der Waals surface area contributed by atoms with Gasteiger partial charge in [-0.15, -0.1) is 6.58 Å². The fourth-order valence-electron chi connectivity index (χ4n) is 1.15.